The Kier molecular flexibility index (Phi) is 5.81. The molecule has 0 N–H and O–H groups in total. The van der Waals surface area contributed by atoms with Crippen molar-refractivity contribution in [2.75, 3.05) is 32.9 Å². The van der Waals surface area contributed by atoms with E-state index in [1.54, 1.807) is 0 Å². The molecule has 0 spiro atoms. The van der Waals surface area contributed by atoms with Crippen LogP contribution in [0.4, 0.5) is 0 Å². The molecule has 1 heterocycles. The van der Waals surface area contributed by atoms with Gasteiger partial charge in [-0.25, -0.2) is 12.7 Å². The molecule has 2 rings (SSSR count). The number of benzene rings is 1. The van der Waals surface area contributed by atoms with E-state index in [9.17, 15) is 13.2 Å². The molecule has 0 aliphatic carbocycles. The molecule has 1 fully saturated rings. The van der Waals surface area contributed by atoms with Gasteiger partial charge in [-0.15, -0.1) is 0 Å². The smallest absolute Gasteiger partial charge is 0.223 e. The Morgan fingerprint density at radius 1 is 1.26 bits per heavy atom. The molecule has 128 valence electrons. The molecule has 0 bridgehead atoms. The van der Waals surface area contributed by atoms with Gasteiger partial charge in [0.25, 0.3) is 0 Å². The highest BCUT2D eigenvalue weighted by Crippen LogP contribution is 2.32. The molecule has 1 aliphatic heterocycles. The average molecular weight is 338 g/mol. The Balaban J connectivity index is 1.91. The predicted octanol–water partition coefficient (Wildman–Crippen LogP) is 1.92. The van der Waals surface area contributed by atoms with E-state index in [1.807, 2.05) is 23.1 Å². The number of carbonyl (C=O) groups excluding carboxylic acids is 1. The average Bonchev–Trinajstić information content (AvgIpc) is 2.53. The van der Waals surface area contributed by atoms with Crippen LogP contribution < -0.4 is 0 Å². The zero-order chi connectivity index (χ0) is 17.0. The number of sulfonamides is 1. The standard InChI is InChI=1S/C17H26N2O3S/c1-14-13-19(17(20)10-12-23(21,22)18(2)3)11-9-16(14)15-7-5-4-6-8-15/h4-8,14,16H,9-13H2,1-3H3/t14-,16-/m1/s1. The second-order valence-corrected chi connectivity index (χ2v) is 8.77. The fraction of sp³-hybridized carbons (Fsp3) is 0.588. The molecule has 0 saturated carbocycles. The van der Waals surface area contributed by atoms with E-state index in [-0.39, 0.29) is 18.1 Å². The van der Waals surface area contributed by atoms with E-state index in [2.05, 4.69) is 19.1 Å². The topological polar surface area (TPSA) is 57.7 Å². The molecule has 1 aromatic rings. The number of likely N-dealkylation sites (tertiary alicyclic amines) is 1. The fourth-order valence-corrected chi connectivity index (χ4v) is 3.92. The van der Waals surface area contributed by atoms with E-state index in [0.717, 1.165) is 6.42 Å². The van der Waals surface area contributed by atoms with Crippen LogP contribution in [0, 0.1) is 5.92 Å². The van der Waals surface area contributed by atoms with Crippen molar-refractivity contribution in [3.63, 3.8) is 0 Å². The van der Waals surface area contributed by atoms with Crippen LogP contribution in [0.15, 0.2) is 30.3 Å². The number of carbonyl (C=O) groups is 1. The zero-order valence-electron chi connectivity index (χ0n) is 14.1. The molecule has 6 heteroatoms. The monoisotopic (exact) mass is 338 g/mol. The summed E-state index contributed by atoms with van der Waals surface area (Å²) in [6, 6.07) is 10.4. The van der Waals surface area contributed by atoms with Crippen molar-refractivity contribution < 1.29 is 13.2 Å². The second-order valence-electron chi connectivity index (χ2n) is 6.47. The highest BCUT2D eigenvalue weighted by molar-refractivity contribution is 7.89. The number of nitrogens with zero attached hydrogens (tertiary/aromatic N) is 2. The first-order valence-corrected chi connectivity index (χ1v) is 9.65. The molecule has 1 aliphatic rings. The summed E-state index contributed by atoms with van der Waals surface area (Å²) in [6.07, 6.45) is 0.987. The van der Waals surface area contributed by atoms with Gasteiger partial charge in [0.1, 0.15) is 0 Å². The molecular weight excluding hydrogens is 312 g/mol. The molecule has 2 atom stereocenters. The van der Waals surface area contributed by atoms with Crippen LogP contribution in [0.25, 0.3) is 0 Å². The van der Waals surface area contributed by atoms with E-state index < -0.39 is 10.0 Å². The van der Waals surface area contributed by atoms with Gasteiger partial charge in [0.2, 0.25) is 15.9 Å². The number of amides is 1. The van der Waals surface area contributed by atoms with Crippen molar-refractivity contribution in [1.82, 2.24) is 9.21 Å². The third-order valence-corrected chi connectivity index (χ3v) is 6.45. The van der Waals surface area contributed by atoms with Crippen molar-refractivity contribution in [3.05, 3.63) is 35.9 Å². The highest BCUT2D eigenvalue weighted by atomic mass is 32.2. The zero-order valence-corrected chi connectivity index (χ0v) is 14.9. The van der Waals surface area contributed by atoms with Crippen LogP contribution in [-0.4, -0.2) is 56.5 Å². The number of piperidine rings is 1. The number of hydrogen-bond acceptors (Lipinski definition) is 3. The van der Waals surface area contributed by atoms with Gasteiger partial charge in [-0.1, -0.05) is 37.3 Å². The third kappa shape index (κ3) is 4.54. The molecule has 5 nitrogen and oxygen atoms in total. The fourth-order valence-electron chi connectivity index (χ4n) is 3.12. The van der Waals surface area contributed by atoms with Crippen LogP contribution in [-0.2, 0) is 14.8 Å². The summed E-state index contributed by atoms with van der Waals surface area (Å²) in [7, 11) is -0.327. The van der Waals surface area contributed by atoms with Gasteiger partial charge in [-0.05, 0) is 23.8 Å². The predicted molar refractivity (Wildman–Crippen MR) is 91.6 cm³/mol. The summed E-state index contributed by atoms with van der Waals surface area (Å²) in [4.78, 5) is 14.1. The molecule has 0 unspecified atom stereocenters. The summed E-state index contributed by atoms with van der Waals surface area (Å²) < 4.78 is 24.7. The molecule has 1 amide bonds. The lowest BCUT2D eigenvalue weighted by Gasteiger charge is -2.37. The van der Waals surface area contributed by atoms with Gasteiger partial charge in [0.05, 0.1) is 5.75 Å². The SMILES string of the molecule is C[C@@H]1CN(C(=O)CCS(=O)(=O)N(C)C)CC[C@H]1c1ccccc1. The molecule has 0 aromatic heterocycles. The Morgan fingerprint density at radius 2 is 1.91 bits per heavy atom. The van der Waals surface area contributed by atoms with Crippen molar-refractivity contribution in [2.45, 2.75) is 25.7 Å². The van der Waals surface area contributed by atoms with E-state index >= 15 is 0 Å². The van der Waals surface area contributed by atoms with Crippen LogP contribution in [0.1, 0.15) is 31.2 Å². The summed E-state index contributed by atoms with van der Waals surface area (Å²) in [5.41, 5.74) is 1.32. The Labute approximate surface area is 139 Å². The minimum atomic E-state index is -3.31. The van der Waals surface area contributed by atoms with E-state index in [4.69, 9.17) is 0 Å². The van der Waals surface area contributed by atoms with Crippen LogP contribution in [0.3, 0.4) is 0 Å². The first-order valence-electron chi connectivity index (χ1n) is 8.04. The van der Waals surface area contributed by atoms with Crippen molar-refractivity contribution in [2.24, 2.45) is 5.92 Å². The van der Waals surface area contributed by atoms with Gasteiger partial charge in [-0.2, -0.15) is 0 Å². The van der Waals surface area contributed by atoms with Crippen LogP contribution in [0.2, 0.25) is 0 Å². The first-order chi connectivity index (χ1) is 10.8. The molecule has 1 aromatic carbocycles. The Bertz CT molecular complexity index is 628. The second kappa shape index (κ2) is 7.45. The summed E-state index contributed by atoms with van der Waals surface area (Å²) in [6.45, 7) is 3.55. The largest absolute Gasteiger partial charge is 0.342 e. The maximum Gasteiger partial charge on any atom is 0.223 e. The number of hydrogen-bond donors (Lipinski definition) is 0. The first kappa shape index (κ1) is 17.9. The molecular formula is C17H26N2O3S. The van der Waals surface area contributed by atoms with Crippen molar-refractivity contribution in [3.8, 4) is 0 Å². The molecule has 23 heavy (non-hydrogen) atoms. The lowest BCUT2D eigenvalue weighted by atomic mass is 9.81. The van der Waals surface area contributed by atoms with E-state index in [1.165, 1.54) is 24.0 Å². The maximum atomic E-state index is 12.3. The van der Waals surface area contributed by atoms with Gasteiger partial charge >= 0.3 is 0 Å². The van der Waals surface area contributed by atoms with Gasteiger partial charge < -0.3 is 4.90 Å². The van der Waals surface area contributed by atoms with Gasteiger partial charge in [-0.3, -0.25) is 4.79 Å². The van der Waals surface area contributed by atoms with Gasteiger partial charge in [0.15, 0.2) is 0 Å². The van der Waals surface area contributed by atoms with Crippen LogP contribution >= 0.6 is 0 Å². The lowest BCUT2D eigenvalue weighted by Crippen LogP contribution is -2.43. The number of rotatable bonds is 5. The van der Waals surface area contributed by atoms with Crippen LogP contribution in [0.5, 0.6) is 0 Å². The summed E-state index contributed by atoms with van der Waals surface area (Å²) in [5, 5.41) is 0. The molecule has 0 radical (unpaired) electrons. The van der Waals surface area contributed by atoms with Gasteiger partial charge in [0, 0.05) is 33.6 Å². The maximum absolute atomic E-state index is 12.3. The normalized spacial score (nSPS) is 22.3. The minimum absolute atomic E-state index is 0.0588. The summed E-state index contributed by atoms with van der Waals surface area (Å²) in [5.74, 6) is 0.659. The third-order valence-electron chi connectivity index (χ3n) is 4.62. The van der Waals surface area contributed by atoms with E-state index in [0.29, 0.717) is 24.9 Å². The van der Waals surface area contributed by atoms with Crippen molar-refractivity contribution >= 4 is 15.9 Å². The molecule has 1 saturated heterocycles. The summed E-state index contributed by atoms with van der Waals surface area (Å²) >= 11 is 0. The van der Waals surface area contributed by atoms with Crippen molar-refractivity contribution in [1.29, 1.82) is 0 Å². The quantitative estimate of drug-likeness (QED) is 0.824. The minimum Gasteiger partial charge on any atom is -0.342 e. The lowest BCUT2D eigenvalue weighted by molar-refractivity contribution is -0.132. The Morgan fingerprint density at radius 3 is 2.48 bits per heavy atom. The highest BCUT2D eigenvalue weighted by Gasteiger charge is 2.30. The Hall–Kier alpha value is -1.40.